The number of halogens is 1. The van der Waals surface area contributed by atoms with Gasteiger partial charge in [-0.1, -0.05) is 47.2 Å². The van der Waals surface area contributed by atoms with Gasteiger partial charge in [0.2, 0.25) is 0 Å². The molecule has 0 spiro atoms. The molecule has 0 saturated carbocycles. The maximum absolute atomic E-state index is 2.32. The fourth-order valence-corrected chi connectivity index (χ4v) is 1.35. The van der Waals surface area contributed by atoms with Crippen LogP contribution in [0.1, 0.15) is 40.0 Å². The SMILES string of the molecule is CC(C)=CCCC(C)CC=CI. The van der Waals surface area contributed by atoms with Crippen LogP contribution in [0.2, 0.25) is 0 Å². The molecule has 0 amide bonds. The summed E-state index contributed by atoms with van der Waals surface area (Å²) in [6.45, 7) is 6.64. The third kappa shape index (κ3) is 8.31. The predicted octanol–water partition coefficient (Wildman–Crippen LogP) is 4.71. The second kappa shape index (κ2) is 7.84. The second-order valence-electron chi connectivity index (χ2n) is 3.56. The van der Waals surface area contributed by atoms with Gasteiger partial charge in [0.05, 0.1) is 0 Å². The molecule has 0 nitrogen and oxygen atoms in total. The zero-order valence-electron chi connectivity index (χ0n) is 8.31. The van der Waals surface area contributed by atoms with E-state index < -0.39 is 0 Å². The molecular weight excluding hydrogens is 259 g/mol. The first-order valence-electron chi connectivity index (χ1n) is 4.55. The normalized spacial score (nSPS) is 13.3. The average Bonchev–Trinajstić information content (AvgIpc) is 2.00. The van der Waals surface area contributed by atoms with Gasteiger partial charge in [-0.15, -0.1) is 0 Å². The van der Waals surface area contributed by atoms with Gasteiger partial charge in [-0.2, -0.15) is 0 Å². The van der Waals surface area contributed by atoms with Gasteiger partial charge in [-0.3, -0.25) is 0 Å². The summed E-state index contributed by atoms with van der Waals surface area (Å²) in [6.07, 6.45) is 8.34. The van der Waals surface area contributed by atoms with E-state index in [2.05, 4.69) is 59.6 Å². The van der Waals surface area contributed by atoms with E-state index >= 15 is 0 Å². The Morgan fingerprint density at radius 2 is 2.08 bits per heavy atom. The van der Waals surface area contributed by atoms with Crippen LogP contribution in [0, 0.1) is 5.92 Å². The van der Waals surface area contributed by atoms with Crippen molar-refractivity contribution in [1.82, 2.24) is 0 Å². The minimum absolute atomic E-state index is 0.826. The fourth-order valence-electron chi connectivity index (χ4n) is 1.06. The van der Waals surface area contributed by atoms with Gasteiger partial charge in [-0.05, 0) is 43.1 Å². The van der Waals surface area contributed by atoms with E-state index in [1.54, 1.807) is 0 Å². The van der Waals surface area contributed by atoms with E-state index in [0.717, 1.165) is 5.92 Å². The van der Waals surface area contributed by atoms with Crippen LogP contribution in [0.3, 0.4) is 0 Å². The first kappa shape index (κ1) is 12.2. The van der Waals surface area contributed by atoms with Crippen LogP contribution in [0.5, 0.6) is 0 Å². The van der Waals surface area contributed by atoms with E-state index in [0.29, 0.717) is 0 Å². The molecule has 0 aromatic carbocycles. The lowest BCUT2D eigenvalue weighted by molar-refractivity contribution is 0.546. The molecule has 1 heteroatoms. The monoisotopic (exact) mass is 278 g/mol. The Bertz CT molecular complexity index is 152. The van der Waals surface area contributed by atoms with Crippen LogP contribution in [-0.4, -0.2) is 0 Å². The van der Waals surface area contributed by atoms with Gasteiger partial charge in [0.1, 0.15) is 0 Å². The Morgan fingerprint density at radius 3 is 2.58 bits per heavy atom. The Hall–Kier alpha value is 0.210. The minimum atomic E-state index is 0.826. The first-order chi connectivity index (χ1) is 5.66. The summed E-state index contributed by atoms with van der Waals surface area (Å²) in [6, 6.07) is 0. The fraction of sp³-hybridized carbons (Fsp3) is 0.636. The van der Waals surface area contributed by atoms with E-state index in [4.69, 9.17) is 0 Å². The number of rotatable bonds is 5. The molecule has 0 aromatic heterocycles. The third-order valence-electron chi connectivity index (χ3n) is 1.84. The summed E-state index contributed by atoms with van der Waals surface area (Å²) >= 11 is 2.28. The Balaban J connectivity index is 3.43. The van der Waals surface area contributed by atoms with Crippen molar-refractivity contribution in [2.45, 2.75) is 40.0 Å². The Morgan fingerprint density at radius 1 is 1.42 bits per heavy atom. The summed E-state index contributed by atoms with van der Waals surface area (Å²) < 4.78 is 2.11. The molecular formula is C11H19I. The number of allylic oxidation sites excluding steroid dienone is 3. The molecule has 0 heterocycles. The van der Waals surface area contributed by atoms with Gasteiger partial charge < -0.3 is 0 Å². The van der Waals surface area contributed by atoms with E-state index in [9.17, 15) is 0 Å². The molecule has 0 aromatic rings. The van der Waals surface area contributed by atoms with Crippen molar-refractivity contribution in [2.75, 3.05) is 0 Å². The molecule has 12 heavy (non-hydrogen) atoms. The van der Waals surface area contributed by atoms with Crippen LogP contribution in [0.25, 0.3) is 0 Å². The van der Waals surface area contributed by atoms with Crippen molar-refractivity contribution in [2.24, 2.45) is 5.92 Å². The molecule has 0 radical (unpaired) electrons. The molecule has 70 valence electrons. The Kier molecular flexibility index (Phi) is 7.98. The van der Waals surface area contributed by atoms with Crippen LogP contribution >= 0.6 is 22.6 Å². The smallest absolute Gasteiger partial charge is 0.0274 e. The second-order valence-corrected chi connectivity index (χ2v) is 4.28. The molecule has 0 fully saturated rings. The van der Waals surface area contributed by atoms with Gasteiger partial charge >= 0.3 is 0 Å². The summed E-state index contributed by atoms with van der Waals surface area (Å²) in [5.41, 5.74) is 1.44. The minimum Gasteiger partial charge on any atom is -0.0859 e. The molecule has 0 N–H and O–H groups in total. The lowest BCUT2D eigenvalue weighted by Gasteiger charge is -2.05. The topological polar surface area (TPSA) is 0 Å². The lowest BCUT2D eigenvalue weighted by Crippen LogP contribution is -1.90. The zero-order chi connectivity index (χ0) is 9.40. The van der Waals surface area contributed by atoms with Gasteiger partial charge in [0, 0.05) is 0 Å². The van der Waals surface area contributed by atoms with Crippen molar-refractivity contribution in [3.8, 4) is 0 Å². The van der Waals surface area contributed by atoms with E-state index in [-0.39, 0.29) is 0 Å². The average molecular weight is 278 g/mol. The van der Waals surface area contributed by atoms with Crippen molar-refractivity contribution >= 4 is 22.6 Å². The van der Waals surface area contributed by atoms with E-state index in [1.807, 2.05) is 0 Å². The third-order valence-corrected chi connectivity index (χ3v) is 2.35. The molecule has 0 aliphatic carbocycles. The van der Waals surface area contributed by atoms with Crippen molar-refractivity contribution < 1.29 is 0 Å². The predicted molar refractivity (Wildman–Crippen MR) is 65.6 cm³/mol. The summed E-state index contributed by atoms with van der Waals surface area (Å²) in [5, 5.41) is 0. The quantitative estimate of drug-likeness (QED) is 0.504. The highest BCUT2D eigenvalue weighted by molar-refractivity contribution is 14.1. The number of hydrogen-bond donors (Lipinski definition) is 0. The molecule has 1 atom stereocenters. The standard InChI is InChI=1S/C11H19I/c1-10(2)6-4-7-11(3)8-5-9-12/h5-6,9,11H,4,7-8H2,1-3H3. The molecule has 0 aliphatic rings. The lowest BCUT2D eigenvalue weighted by atomic mass is 10.0. The van der Waals surface area contributed by atoms with Crippen LogP contribution < -0.4 is 0 Å². The summed E-state index contributed by atoms with van der Waals surface area (Å²) in [4.78, 5) is 0. The van der Waals surface area contributed by atoms with Crippen LogP contribution in [0.4, 0.5) is 0 Å². The maximum Gasteiger partial charge on any atom is -0.0274 e. The van der Waals surface area contributed by atoms with Gasteiger partial charge in [-0.25, -0.2) is 0 Å². The van der Waals surface area contributed by atoms with Gasteiger partial charge in [0.25, 0.3) is 0 Å². The van der Waals surface area contributed by atoms with Gasteiger partial charge in [0.15, 0.2) is 0 Å². The summed E-state index contributed by atoms with van der Waals surface area (Å²) in [7, 11) is 0. The molecule has 0 saturated heterocycles. The highest BCUT2D eigenvalue weighted by Crippen LogP contribution is 2.12. The zero-order valence-corrected chi connectivity index (χ0v) is 10.5. The molecule has 0 rings (SSSR count). The highest BCUT2D eigenvalue weighted by Gasteiger charge is 1.96. The largest absolute Gasteiger partial charge is 0.0859 e. The first-order valence-corrected chi connectivity index (χ1v) is 5.80. The molecule has 1 unspecified atom stereocenters. The Labute approximate surface area is 90.3 Å². The maximum atomic E-state index is 2.32. The molecule has 0 aliphatic heterocycles. The van der Waals surface area contributed by atoms with Crippen LogP contribution in [-0.2, 0) is 0 Å². The van der Waals surface area contributed by atoms with Crippen molar-refractivity contribution in [3.05, 3.63) is 21.8 Å². The summed E-state index contributed by atoms with van der Waals surface area (Å²) in [5.74, 6) is 0.826. The van der Waals surface area contributed by atoms with Crippen molar-refractivity contribution in [1.29, 1.82) is 0 Å². The van der Waals surface area contributed by atoms with Crippen LogP contribution in [0.15, 0.2) is 21.8 Å². The molecule has 0 bridgehead atoms. The van der Waals surface area contributed by atoms with Crippen molar-refractivity contribution in [3.63, 3.8) is 0 Å². The highest BCUT2D eigenvalue weighted by atomic mass is 127. The number of hydrogen-bond acceptors (Lipinski definition) is 0. The van der Waals surface area contributed by atoms with E-state index in [1.165, 1.54) is 24.8 Å².